The lowest BCUT2D eigenvalue weighted by Gasteiger charge is -2.12. The van der Waals surface area contributed by atoms with Gasteiger partial charge in [0.15, 0.2) is 11.5 Å². The lowest BCUT2D eigenvalue weighted by molar-refractivity contribution is 0.284. The molecule has 1 aromatic heterocycles. The highest BCUT2D eigenvalue weighted by atomic mass is 35.5. The molecule has 0 radical (unpaired) electrons. The maximum atomic E-state index is 6.15. The number of anilines is 1. The Bertz CT molecular complexity index is 853. The van der Waals surface area contributed by atoms with Crippen LogP contribution in [0.5, 0.6) is 11.5 Å². The van der Waals surface area contributed by atoms with E-state index in [1.54, 1.807) is 19.5 Å². The van der Waals surface area contributed by atoms with Gasteiger partial charge in [0.25, 0.3) is 0 Å². The Morgan fingerprint density at radius 3 is 2.88 bits per heavy atom. The van der Waals surface area contributed by atoms with Crippen LogP contribution in [-0.4, -0.2) is 18.3 Å². The maximum Gasteiger partial charge on any atom is 0.203 e. The van der Waals surface area contributed by atoms with Gasteiger partial charge in [-0.2, -0.15) is 5.10 Å². The molecule has 0 aliphatic carbocycles. The molecule has 0 saturated heterocycles. The van der Waals surface area contributed by atoms with E-state index in [-0.39, 0.29) is 0 Å². The highest BCUT2D eigenvalue weighted by Gasteiger charge is 2.07. The number of nitrogens with zero attached hydrogens (tertiary/aromatic N) is 2. The summed E-state index contributed by atoms with van der Waals surface area (Å²) in [5, 5.41) is 7.45. The number of benzene rings is 2. The van der Waals surface area contributed by atoms with E-state index < -0.39 is 0 Å². The average molecular weight is 374 g/mol. The van der Waals surface area contributed by atoms with Crippen LogP contribution in [0.1, 0.15) is 11.1 Å². The molecule has 128 valence electrons. The molecule has 0 aliphatic rings. The van der Waals surface area contributed by atoms with Gasteiger partial charge in [-0.25, -0.2) is 4.98 Å². The van der Waals surface area contributed by atoms with Crippen molar-refractivity contribution in [2.75, 3.05) is 12.5 Å². The van der Waals surface area contributed by atoms with Gasteiger partial charge in [0, 0.05) is 22.2 Å². The van der Waals surface area contributed by atoms with Crippen LogP contribution in [0.3, 0.4) is 0 Å². The molecule has 0 atom stereocenters. The SMILES string of the molecule is COc1cc(C=NNc2nccs2)ccc1OCc1ccccc1Cl. The van der Waals surface area contributed by atoms with Crippen molar-refractivity contribution in [2.45, 2.75) is 6.61 Å². The molecule has 7 heteroatoms. The number of nitrogens with one attached hydrogen (secondary N) is 1. The molecule has 0 spiro atoms. The Labute approximate surface area is 154 Å². The van der Waals surface area contributed by atoms with Crippen molar-refractivity contribution in [3.8, 4) is 11.5 Å². The summed E-state index contributed by atoms with van der Waals surface area (Å²) in [7, 11) is 1.60. The molecular weight excluding hydrogens is 358 g/mol. The van der Waals surface area contributed by atoms with Crippen molar-refractivity contribution < 1.29 is 9.47 Å². The number of hydrogen-bond acceptors (Lipinski definition) is 6. The van der Waals surface area contributed by atoms with E-state index in [4.69, 9.17) is 21.1 Å². The van der Waals surface area contributed by atoms with Crippen LogP contribution in [0.2, 0.25) is 5.02 Å². The van der Waals surface area contributed by atoms with Crippen LogP contribution in [0.25, 0.3) is 0 Å². The molecule has 0 aliphatic heterocycles. The largest absolute Gasteiger partial charge is 0.493 e. The van der Waals surface area contributed by atoms with Crippen molar-refractivity contribution in [3.63, 3.8) is 0 Å². The monoisotopic (exact) mass is 373 g/mol. The molecule has 0 amide bonds. The summed E-state index contributed by atoms with van der Waals surface area (Å²) in [5.74, 6) is 1.28. The number of aromatic nitrogens is 1. The van der Waals surface area contributed by atoms with Gasteiger partial charge in [-0.15, -0.1) is 11.3 Å². The number of ether oxygens (including phenoxy) is 2. The lowest BCUT2D eigenvalue weighted by Crippen LogP contribution is -1.99. The standard InChI is InChI=1S/C18H16ClN3O2S/c1-23-17-10-13(11-21-22-18-20-8-9-25-18)6-7-16(17)24-12-14-4-2-3-5-15(14)19/h2-11H,12H2,1H3,(H,20,22). The molecule has 0 unspecified atom stereocenters. The summed E-state index contributed by atoms with van der Waals surface area (Å²) in [6.07, 6.45) is 3.42. The second-order valence-electron chi connectivity index (χ2n) is 5.00. The van der Waals surface area contributed by atoms with Gasteiger partial charge in [0.2, 0.25) is 5.13 Å². The van der Waals surface area contributed by atoms with Crippen LogP contribution in [-0.2, 0) is 6.61 Å². The van der Waals surface area contributed by atoms with Gasteiger partial charge >= 0.3 is 0 Å². The van der Waals surface area contributed by atoms with Crippen LogP contribution in [0.4, 0.5) is 5.13 Å². The summed E-state index contributed by atoms with van der Waals surface area (Å²) < 4.78 is 11.2. The van der Waals surface area contributed by atoms with Crippen molar-refractivity contribution in [1.82, 2.24) is 4.98 Å². The van der Waals surface area contributed by atoms with Gasteiger partial charge in [-0.05, 0) is 29.8 Å². The number of thiazole rings is 1. The van der Waals surface area contributed by atoms with Crippen LogP contribution < -0.4 is 14.9 Å². The quantitative estimate of drug-likeness (QED) is 0.476. The first-order valence-electron chi connectivity index (χ1n) is 7.49. The van der Waals surface area contributed by atoms with E-state index in [0.717, 1.165) is 16.3 Å². The zero-order chi connectivity index (χ0) is 17.5. The Morgan fingerprint density at radius 1 is 1.24 bits per heavy atom. The molecular formula is C18H16ClN3O2S. The molecule has 0 bridgehead atoms. The Kier molecular flexibility index (Phi) is 5.87. The third-order valence-corrected chi connectivity index (χ3v) is 4.38. The predicted octanol–water partition coefficient (Wildman–Crippen LogP) is 4.83. The van der Waals surface area contributed by atoms with Crippen molar-refractivity contribution in [2.24, 2.45) is 5.10 Å². The minimum Gasteiger partial charge on any atom is -0.493 e. The Hall–Kier alpha value is -2.57. The Balaban J connectivity index is 1.67. The fraction of sp³-hybridized carbons (Fsp3) is 0.111. The second kappa shape index (κ2) is 8.50. The molecule has 1 heterocycles. The second-order valence-corrected chi connectivity index (χ2v) is 6.30. The number of hydrazone groups is 1. The van der Waals surface area contributed by atoms with Gasteiger partial charge < -0.3 is 9.47 Å². The minimum atomic E-state index is 0.370. The average Bonchev–Trinajstić information content (AvgIpc) is 3.15. The van der Waals surface area contributed by atoms with Crippen LogP contribution in [0, 0.1) is 0 Å². The van der Waals surface area contributed by atoms with Gasteiger partial charge in [-0.3, -0.25) is 5.43 Å². The molecule has 5 nitrogen and oxygen atoms in total. The molecule has 2 aromatic carbocycles. The first kappa shape index (κ1) is 17.3. The van der Waals surface area contributed by atoms with E-state index >= 15 is 0 Å². The molecule has 3 rings (SSSR count). The topological polar surface area (TPSA) is 55.7 Å². The van der Waals surface area contributed by atoms with E-state index in [1.165, 1.54) is 11.3 Å². The van der Waals surface area contributed by atoms with Crippen molar-refractivity contribution in [1.29, 1.82) is 0 Å². The zero-order valence-corrected chi connectivity index (χ0v) is 15.1. The predicted molar refractivity (Wildman–Crippen MR) is 102 cm³/mol. The molecule has 1 N–H and O–H groups in total. The van der Waals surface area contributed by atoms with Gasteiger partial charge in [0.05, 0.1) is 13.3 Å². The highest BCUT2D eigenvalue weighted by molar-refractivity contribution is 7.13. The van der Waals surface area contributed by atoms with E-state index in [1.807, 2.05) is 47.8 Å². The van der Waals surface area contributed by atoms with Crippen molar-refractivity contribution >= 4 is 34.3 Å². The Morgan fingerprint density at radius 2 is 2.12 bits per heavy atom. The first-order chi connectivity index (χ1) is 12.3. The number of methoxy groups -OCH3 is 1. The fourth-order valence-electron chi connectivity index (χ4n) is 2.10. The lowest BCUT2D eigenvalue weighted by atomic mass is 10.2. The summed E-state index contributed by atoms with van der Waals surface area (Å²) >= 11 is 7.63. The smallest absolute Gasteiger partial charge is 0.203 e. The normalized spacial score (nSPS) is 10.8. The zero-order valence-electron chi connectivity index (χ0n) is 13.5. The maximum absolute atomic E-state index is 6.15. The van der Waals surface area contributed by atoms with Gasteiger partial charge in [-0.1, -0.05) is 29.8 Å². The van der Waals surface area contributed by atoms with E-state index in [9.17, 15) is 0 Å². The summed E-state index contributed by atoms with van der Waals surface area (Å²) in [6, 6.07) is 13.2. The van der Waals surface area contributed by atoms with Crippen molar-refractivity contribution in [3.05, 3.63) is 70.2 Å². The highest BCUT2D eigenvalue weighted by Crippen LogP contribution is 2.29. The summed E-state index contributed by atoms with van der Waals surface area (Å²) in [5.41, 5.74) is 4.67. The van der Waals surface area contributed by atoms with Gasteiger partial charge in [0.1, 0.15) is 6.61 Å². The van der Waals surface area contributed by atoms with Crippen LogP contribution in [0.15, 0.2) is 59.1 Å². The first-order valence-corrected chi connectivity index (χ1v) is 8.75. The number of rotatable bonds is 7. The van der Waals surface area contributed by atoms with E-state index in [0.29, 0.717) is 23.1 Å². The minimum absolute atomic E-state index is 0.370. The third-order valence-electron chi connectivity index (χ3n) is 3.33. The third kappa shape index (κ3) is 4.71. The number of halogens is 1. The van der Waals surface area contributed by atoms with Crippen LogP contribution >= 0.6 is 22.9 Å². The molecule has 0 fully saturated rings. The fourth-order valence-corrected chi connectivity index (χ4v) is 2.76. The summed E-state index contributed by atoms with van der Waals surface area (Å²) in [4.78, 5) is 4.09. The molecule has 0 saturated carbocycles. The van der Waals surface area contributed by atoms with E-state index in [2.05, 4.69) is 15.5 Å². The number of hydrogen-bond donors (Lipinski definition) is 1. The summed E-state index contributed by atoms with van der Waals surface area (Å²) in [6.45, 7) is 0.370. The molecule has 3 aromatic rings. The molecule has 25 heavy (non-hydrogen) atoms.